The predicted octanol–water partition coefficient (Wildman–Crippen LogP) is 10.3. The van der Waals surface area contributed by atoms with E-state index in [4.69, 9.17) is 2.74 Å². The van der Waals surface area contributed by atoms with Crippen molar-refractivity contribution in [1.29, 1.82) is 0 Å². The van der Waals surface area contributed by atoms with Gasteiger partial charge in [-0.25, -0.2) is 4.39 Å². The highest BCUT2D eigenvalue weighted by Crippen LogP contribution is 2.46. The summed E-state index contributed by atoms with van der Waals surface area (Å²) in [6, 6.07) is 38.0. The molecule has 1 nitrogen and oxygen atoms in total. The SMILES string of the molecule is [2H]C([2H])(c1ccccc1)c1cc(-c2cc3ccccc3c3c2sc2c4ccc5ccccc5c4ccc23)ncc1F. The lowest BCUT2D eigenvalue weighted by Crippen LogP contribution is -1.96. The molecular weight excluding hydrogens is 497 g/mol. The van der Waals surface area contributed by atoms with Crippen molar-refractivity contribution in [3.63, 3.8) is 0 Å². The van der Waals surface area contributed by atoms with E-state index in [1.807, 2.05) is 12.1 Å². The molecule has 39 heavy (non-hydrogen) atoms. The van der Waals surface area contributed by atoms with Crippen LogP contribution in [0.1, 0.15) is 13.9 Å². The fraction of sp³-hybridized carbons (Fsp3) is 0.0278. The maximum absolute atomic E-state index is 15.2. The fourth-order valence-electron chi connectivity index (χ4n) is 5.72. The third kappa shape index (κ3) is 3.54. The van der Waals surface area contributed by atoms with Crippen LogP contribution in [0.5, 0.6) is 0 Å². The summed E-state index contributed by atoms with van der Waals surface area (Å²) in [7, 11) is 0. The fourth-order valence-corrected chi connectivity index (χ4v) is 7.09. The minimum absolute atomic E-state index is 0.0203. The smallest absolute Gasteiger partial charge is 0.145 e. The zero-order valence-corrected chi connectivity index (χ0v) is 21.6. The van der Waals surface area contributed by atoms with E-state index in [0.717, 1.165) is 32.6 Å². The van der Waals surface area contributed by atoms with E-state index < -0.39 is 12.2 Å². The second-order valence-electron chi connectivity index (χ2n) is 9.82. The number of hydrogen-bond acceptors (Lipinski definition) is 2. The van der Waals surface area contributed by atoms with E-state index in [0.29, 0.717) is 11.3 Å². The molecule has 0 spiro atoms. The molecule has 0 bridgehead atoms. The summed E-state index contributed by atoms with van der Waals surface area (Å²) < 4.78 is 35.2. The minimum Gasteiger partial charge on any atom is -0.253 e. The van der Waals surface area contributed by atoms with Crippen molar-refractivity contribution in [2.45, 2.75) is 6.37 Å². The normalized spacial score (nSPS) is 12.9. The molecule has 0 saturated heterocycles. The van der Waals surface area contributed by atoms with Crippen molar-refractivity contribution < 1.29 is 7.13 Å². The molecule has 184 valence electrons. The molecule has 0 atom stereocenters. The summed E-state index contributed by atoms with van der Waals surface area (Å²) in [5.41, 5.74) is 1.81. The Morgan fingerprint density at radius 1 is 0.641 bits per heavy atom. The van der Waals surface area contributed by atoms with Crippen LogP contribution in [-0.4, -0.2) is 4.98 Å². The van der Waals surface area contributed by atoms with Gasteiger partial charge in [-0.1, -0.05) is 103 Å². The molecule has 0 aliphatic rings. The van der Waals surface area contributed by atoms with Gasteiger partial charge in [-0.15, -0.1) is 11.3 Å². The summed E-state index contributed by atoms with van der Waals surface area (Å²) in [4.78, 5) is 4.51. The summed E-state index contributed by atoms with van der Waals surface area (Å²) >= 11 is 1.72. The largest absolute Gasteiger partial charge is 0.253 e. The van der Waals surface area contributed by atoms with Crippen molar-refractivity contribution in [3.05, 3.63) is 138 Å². The molecule has 8 rings (SSSR count). The Labute approximate surface area is 231 Å². The molecule has 8 aromatic rings. The molecule has 0 amide bonds. The van der Waals surface area contributed by atoms with Crippen LogP contribution in [0.15, 0.2) is 121 Å². The standard InChI is InChI=1S/C36H22FNS/c37-32-21-38-33(20-25(32)18-22-8-2-1-3-9-22)31-19-24-11-5-7-13-27(24)34-30-17-16-28-26-12-6-4-10-23(26)14-15-29(28)35(30)39-36(31)34/h1-17,19-21H,18H2/i18D2. The third-order valence-corrected chi connectivity index (χ3v) is 8.81. The highest BCUT2D eigenvalue weighted by atomic mass is 32.1. The van der Waals surface area contributed by atoms with Crippen LogP contribution in [0.25, 0.3) is 63.7 Å². The first-order valence-corrected chi connectivity index (χ1v) is 13.7. The van der Waals surface area contributed by atoms with Gasteiger partial charge >= 0.3 is 0 Å². The third-order valence-electron chi connectivity index (χ3n) is 7.54. The van der Waals surface area contributed by atoms with Gasteiger partial charge in [0, 0.05) is 40.2 Å². The predicted molar refractivity (Wildman–Crippen MR) is 164 cm³/mol. The molecule has 6 aromatic carbocycles. The second kappa shape index (κ2) is 8.72. The highest BCUT2D eigenvalue weighted by Gasteiger charge is 2.18. The van der Waals surface area contributed by atoms with Gasteiger partial charge in [0.25, 0.3) is 0 Å². The Hall–Kier alpha value is -4.60. The lowest BCUT2D eigenvalue weighted by atomic mass is 9.96. The van der Waals surface area contributed by atoms with Crippen molar-refractivity contribution in [1.82, 2.24) is 4.98 Å². The average Bonchev–Trinajstić information content (AvgIpc) is 3.42. The van der Waals surface area contributed by atoms with E-state index in [9.17, 15) is 0 Å². The number of benzene rings is 6. The molecule has 2 aromatic heterocycles. The Kier molecular flexibility index (Phi) is 4.56. The molecule has 0 unspecified atom stereocenters. The molecule has 0 radical (unpaired) electrons. The molecule has 0 aliphatic heterocycles. The molecule has 3 heteroatoms. The summed E-state index contributed by atoms with van der Waals surface area (Å²) in [5, 5.41) is 9.38. The van der Waals surface area contributed by atoms with Gasteiger partial charge in [0.15, 0.2) is 0 Å². The zero-order chi connectivity index (χ0) is 27.7. The van der Waals surface area contributed by atoms with E-state index in [1.165, 1.54) is 31.6 Å². The van der Waals surface area contributed by atoms with E-state index in [2.05, 4.69) is 77.8 Å². The first kappa shape index (κ1) is 20.4. The maximum Gasteiger partial charge on any atom is 0.145 e. The highest BCUT2D eigenvalue weighted by molar-refractivity contribution is 7.27. The second-order valence-corrected chi connectivity index (χ2v) is 10.8. The van der Waals surface area contributed by atoms with Crippen molar-refractivity contribution in [3.8, 4) is 11.3 Å². The van der Waals surface area contributed by atoms with Crippen LogP contribution in [0.3, 0.4) is 0 Å². The summed E-state index contributed by atoms with van der Waals surface area (Å²) in [5.74, 6) is -0.658. The van der Waals surface area contributed by atoms with Gasteiger partial charge in [0.2, 0.25) is 0 Å². The quantitative estimate of drug-likeness (QED) is 0.211. The van der Waals surface area contributed by atoms with Gasteiger partial charge in [0.05, 0.1) is 11.9 Å². The van der Waals surface area contributed by atoms with Crippen LogP contribution in [0.2, 0.25) is 0 Å². The molecule has 0 fully saturated rings. The number of thiophene rings is 1. The van der Waals surface area contributed by atoms with E-state index in [-0.39, 0.29) is 5.56 Å². The Morgan fingerprint density at radius 2 is 1.36 bits per heavy atom. The van der Waals surface area contributed by atoms with Crippen LogP contribution >= 0.6 is 11.3 Å². The van der Waals surface area contributed by atoms with Gasteiger partial charge in [-0.2, -0.15) is 0 Å². The number of aromatic nitrogens is 1. The Balaban J connectivity index is 1.45. The van der Waals surface area contributed by atoms with E-state index >= 15 is 4.39 Å². The zero-order valence-electron chi connectivity index (χ0n) is 22.8. The average molecular weight is 522 g/mol. The first-order valence-electron chi connectivity index (χ1n) is 13.9. The lowest BCUT2D eigenvalue weighted by molar-refractivity contribution is 0.608. The number of fused-ring (bicyclic) bond motifs is 9. The summed E-state index contributed by atoms with van der Waals surface area (Å²) in [6.45, 7) is 0. The van der Waals surface area contributed by atoms with Crippen LogP contribution in [-0.2, 0) is 6.37 Å². The van der Waals surface area contributed by atoms with Crippen LogP contribution < -0.4 is 0 Å². The Bertz CT molecular complexity index is 2310. The van der Waals surface area contributed by atoms with Crippen molar-refractivity contribution in [2.75, 3.05) is 0 Å². The maximum atomic E-state index is 15.2. The molecule has 0 aliphatic carbocycles. The van der Waals surface area contributed by atoms with Gasteiger partial charge in [0.1, 0.15) is 5.82 Å². The van der Waals surface area contributed by atoms with Crippen molar-refractivity contribution in [2.24, 2.45) is 0 Å². The van der Waals surface area contributed by atoms with Gasteiger partial charge < -0.3 is 0 Å². The number of pyridine rings is 1. The van der Waals surface area contributed by atoms with Gasteiger partial charge in [-0.3, -0.25) is 4.98 Å². The van der Waals surface area contributed by atoms with Gasteiger partial charge in [-0.05, 0) is 50.2 Å². The van der Waals surface area contributed by atoms with Crippen LogP contribution in [0, 0.1) is 5.82 Å². The monoisotopic (exact) mass is 521 g/mol. The Morgan fingerprint density at radius 3 is 2.23 bits per heavy atom. The summed E-state index contributed by atoms with van der Waals surface area (Å²) in [6.07, 6.45) is -0.863. The minimum atomic E-state index is -2.02. The topological polar surface area (TPSA) is 12.9 Å². The molecule has 2 heterocycles. The van der Waals surface area contributed by atoms with Crippen molar-refractivity contribution >= 4 is 63.8 Å². The molecular formula is C36H22FNS. The number of nitrogens with zero attached hydrogens (tertiary/aromatic N) is 1. The van der Waals surface area contributed by atoms with Crippen LogP contribution in [0.4, 0.5) is 4.39 Å². The molecule has 0 saturated carbocycles. The number of rotatable bonds is 3. The first-order chi connectivity index (χ1) is 20.0. The number of hydrogen-bond donors (Lipinski definition) is 0. The molecule has 0 N–H and O–H groups in total. The van der Waals surface area contributed by atoms with E-state index in [1.54, 1.807) is 41.7 Å². The number of halogens is 1. The lowest BCUT2D eigenvalue weighted by Gasteiger charge is -2.10.